The Balaban J connectivity index is 2.47. The summed E-state index contributed by atoms with van der Waals surface area (Å²) in [6, 6.07) is 6.40. The number of hydrogen-bond acceptors (Lipinski definition) is 4. The van der Waals surface area contributed by atoms with Crippen molar-refractivity contribution in [3.63, 3.8) is 0 Å². The summed E-state index contributed by atoms with van der Waals surface area (Å²) in [6.45, 7) is 1.57. The maximum atomic E-state index is 11.8. The van der Waals surface area contributed by atoms with Crippen molar-refractivity contribution in [2.24, 2.45) is 0 Å². The Bertz CT molecular complexity index is 427. The lowest BCUT2D eigenvalue weighted by molar-refractivity contribution is 0.0600. The highest BCUT2D eigenvalue weighted by Crippen LogP contribution is 2.05. The lowest BCUT2D eigenvalue weighted by atomic mass is 10.1. The van der Waals surface area contributed by atoms with Crippen molar-refractivity contribution >= 4 is 11.9 Å². The summed E-state index contributed by atoms with van der Waals surface area (Å²) in [4.78, 5) is 25.1. The van der Waals surface area contributed by atoms with Gasteiger partial charge in [0.25, 0.3) is 5.91 Å². The van der Waals surface area contributed by atoms with Crippen molar-refractivity contribution < 1.29 is 14.3 Å². The number of rotatable bonds is 6. The third kappa shape index (κ3) is 5.09. The van der Waals surface area contributed by atoms with Gasteiger partial charge >= 0.3 is 5.97 Å². The van der Waals surface area contributed by atoms with E-state index in [2.05, 4.69) is 15.0 Å². The van der Waals surface area contributed by atoms with Crippen LogP contribution in [0.5, 0.6) is 0 Å². The largest absolute Gasteiger partial charge is 0.465 e. The summed E-state index contributed by atoms with van der Waals surface area (Å²) >= 11 is 0. The summed E-state index contributed by atoms with van der Waals surface area (Å²) in [5, 5.41) is 2.84. The Labute approximate surface area is 113 Å². The molecule has 0 bridgehead atoms. The number of hydrogen-bond donors (Lipinski definition) is 1. The molecule has 0 radical (unpaired) electrons. The first kappa shape index (κ1) is 15.2. The molecule has 0 aromatic heterocycles. The normalized spacial score (nSPS) is 10.3. The molecule has 1 amide bonds. The number of methoxy groups -OCH3 is 1. The van der Waals surface area contributed by atoms with E-state index in [1.807, 2.05) is 14.1 Å². The van der Waals surface area contributed by atoms with Gasteiger partial charge in [-0.1, -0.05) is 0 Å². The van der Waals surface area contributed by atoms with Crippen LogP contribution < -0.4 is 5.32 Å². The van der Waals surface area contributed by atoms with Crippen molar-refractivity contribution in [3.8, 4) is 0 Å². The molecule has 1 rings (SSSR count). The predicted octanol–water partition coefficient (Wildman–Crippen LogP) is 1.15. The molecule has 0 fully saturated rings. The van der Waals surface area contributed by atoms with Crippen LogP contribution in [0.4, 0.5) is 0 Å². The molecule has 5 nitrogen and oxygen atoms in total. The first-order valence-electron chi connectivity index (χ1n) is 6.16. The van der Waals surface area contributed by atoms with E-state index in [4.69, 9.17) is 0 Å². The molecule has 0 aliphatic rings. The fourth-order valence-corrected chi connectivity index (χ4v) is 1.57. The molecule has 0 saturated heterocycles. The van der Waals surface area contributed by atoms with E-state index in [0.29, 0.717) is 17.7 Å². The van der Waals surface area contributed by atoms with Gasteiger partial charge in [0, 0.05) is 12.1 Å². The summed E-state index contributed by atoms with van der Waals surface area (Å²) in [7, 11) is 5.31. The Morgan fingerprint density at radius 1 is 1.16 bits per heavy atom. The lowest BCUT2D eigenvalue weighted by Gasteiger charge is -2.10. The zero-order valence-corrected chi connectivity index (χ0v) is 11.6. The van der Waals surface area contributed by atoms with Crippen LogP contribution in [-0.2, 0) is 4.74 Å². The van der Waals surface area contributed by atoms with Crippen LogP contribution in [0.2, 0.25) is 0 Å². The lowest BCUT2D eigenvalue weighted by Crippen LogP contribution is -2.27. The van der Waals surface area contributed by atoms with E-state index in [0.717, 1.165) is 13.0 Å². The van der Waals surface area contributed by atoms with E-state index in [1.165, 1.54) is 7.11 Å². The van der Waals surface area contributed by atoms with E-state index >= 15 is 0 Å². The standard InChI is InChI=1S/C14H20N2O3/c1-16(2)10-4-9-15-13(17)11-5-7-12(8-6-11)14(18)19-3/h5-8H,4,9-10H2,1-3H3,(H,15,17). The van der Waals surface area contributed by atoms with Crippen LogP contribution in [0, 0.1) is 0 Å². The predicted molar refractivity (Wildman–Crippen MR) is 73.3 cm³/mol. The number of esters is 1. The number of carbonyl (C=O) groups is 2. The maximum Gasteiger partial charge on any atom is 0.337 e. The van der Waals surface area contributed by atoms with E-state index in [-0.39, 0.29) is 5.91 Å². The zero-order valence-electron chi connectivity index (χ0n) is 11.6. The molecule has 0 atom stereocenters. The summed E-state index contributed by atoms with van der Waals surface area (Å²) in [6.07, 6.45) is 0.902. The minimum absolute atomic E-state index is 0.129. The first-order valence-corrected chi connectivity index (χ1v) is 6.16. The van der Waals surface area contributed by atoms with E-state index in [1.54, 1.807) is 24.3 Å². The molecule has 104 valence electrons. The Morgan fingerprint density at radius 3 is 2.26 bits per heavy atom. The highest BCUT2D eigenvalue weighted by molar-refractivity contribution is 5.96. The molecular formula is C14H20N2O3. The molecule has 5 heteroatoms. The van der Waals surface area contributed by atoms with Gasteiger partial charge in [-0.3, -0.25) is 4.79 Å². The fourth-order valence-electron chi connectivity index (χ4n) is 1.57. The van der Waals surface area contributed by atoms with E-state index in [9.17, 15) is 9.59 Å². The van der Waals surface area contributed by atoms with Crippen molar-refractivity contribution in [3.05, 3.63) is 35.4 Å². The second-order valence-corrected chi connectivity index (χ2v) is 4.48. The van der Waals surface area contributed by atoms with Gasteiger partial charge in [-0.15, -0.1) is 0 Å². The molecule has 0 unspecified atom stereocenters. The Kier molecular flexibility index (Phi) is 6.02. The maximum absolute atomic E-state index is 11.8. The van der Waals surface area contributed by atoms with Crippen LogP contribution in [-0.4, -0.2) is 51.1 Å². The van der Waals surface area contributed by atoms with Gasteiger partial charge in [-0.05, 0) is 51.3 Å². The molecular weight excluding hydrogens is 244 g/mol. The molecule has 0 spiro atoms. The number of nitrogens with zero attached hydrogens (tertiary/aromatic N) is 1. The third-order valence-electron chi connectivity index (χ3n) is 2.64. The van der Waals surface area contributed by atoms with Crippen LogP contribution in [0.1, 0.15) is 27.1 Å². The van der Waals surface area contributed by atoms with Gasteiger partial charge in [-0.2, -0.15) is 0 Å². The van der Waals surface area contributed by atoms with Gasteiger partial charge in [0.1, 0.15) is 0 Å². The Morgan fingerprint density at radius 2 is 1.74 bits per heavy atom. The van der Waals surface area contributed by atoms with Gasteiger partial charge < -0.3 is 15.0 Å². The monoisotopic (exact) mass is 264 g/mol. The summed E-state index contributed by atoms with van der Waals surface area (Å²) < 4.78 is 4.59. The minimum Gasteiger partial charge on any atom is -0.465 e. The molecule has 1 N–H and O–H groups in total. The van der Waals surface area contributed by atoms with Gasteiger partial charge in [-0.25, -0.2) is 4.79 Å². The zero-order chi connectivity index (χ0) is 14.3. The van der Waals surface area contributed by atoms with Gasteiger partial charge in [0.05, 0.1) is 12.7 Å². The molecule has 1 aromatic carbocycles. The van der Waals surface area contributed by atoms with Gasteiger partial charge in [0.15, 0.2) is 0 Å². The van der Waals surface area contributed by atoms with Crippen molar-refractivity contribution in [2.75, 3.05) is 34.3 Å². The summed E-state index contributed by atoms with van der Waals surface area (Å²) in [5.41, 5.74) is 0.976. The molecule has 0 heterocycles. The average Bonchev–Trinajstić information content (AvgIpc) is 2.42. The second kappa shape index (κ2) is 7.53. The molecule has 0 aliphatic carbocycles. The van der Waals surface area contributed by atoms with Crippen molar-refractivity contribution in [1.29, 1.82) is 0 Å². The number of nitrogens with one attached hydrogen (secondary N) is 1. The second-order valence-electron chi connectivity index (χ2n) is 4.48. The fraction of sp³-hybridized carbons (Fsp3) is 0.429. The highest BCUT2D eigenvalue weighted by Gasteiger charge is 2.08. The quantitative estimate of drug-likeness (QED) is 0.618. The van der Waals surface area contributed by atoms with E-state index < -0.39 is 5.97 Å². The smallest absolute Gasteiger partial charge is 0.337 e. The minimum atomic E-state index is -0.405. The van der Waals surface area contributed by atoms with Gasteiger partial charge in [0.2, 0.25) is 0 Å². The van der Waals surface area contributed by atoms with Crippen molar-refractivity contribution in [1.82, 2.24) is 10.2 Å². The topological polar surface area (TPSA) is 58.6 Å². The Hall–Kier alpha value is -1.88. The third-order valence-corrected chi connectivity index (χ3v) is 2.64. The number of carbonyl (C=O) groups excluding carboxylic acids is 2. The summed E-state index contributed by atoms with van der Waals surface area (Å²) in [5.74, 6) is -0.534. The molecule has 0 aliphatic heterocycles. The van der Waals surface area contributed by atoms with Crippen LogP contribution >= 0.6 is 0 Å². The van der Waals surface area contributed by atoms with Crippen molar-refractivity contribution in [2.45, 2.75) is 6.42 Å². The van der Waals surface area contributed by atoms with Crippen LogP contribution in [0.3, 0.4) is 0 Å². The first-order chi connectivity index (χ1) is 9.04. The molecule has 19 heavy (non-hydrogen) atoms. The van der Waals surface area contributed by atoms with Crippen LogP contribution in [0.15, 0.2) is 24.3 Å². The number of ether oxygens (including phenoxy) is 1. The molecule has 0 saturated carbocycles. The number of amides is 1. The molecule has 1 aromatic rings. The van der Waals surface area contributed by atoms with Crippen LogP contribution in [0.25, 0.3) is 0 Å². The number of benzene rings is 1. The SMILES string of the molecule is COC(=O)c1ccc(C(=O)NCCCN(C)C)cc1. The highest BCUT2D eigenvalue weighted by atomic mass is 16.5. The average molecular weight is 264 g/mol.